The molecule has 1 fully saturated rings. The van der Waals surface area contributed by atoms with E-state index >= 15 is 0 Å². The second-order valence-electron chi connectivity index (χ2n) is 4.47. The van der Waals surface area contributed by atoms with Gasteiger partial charge in [0, 0.05) is 16.3 Å². The summed E-state index contributed by atoms with van der Waals surface area (Å²) in [6, 6.07) is 5.39. The highest BCUT2D eigenvalue weighted by atomic mass is 79.9. The summed E-state index contributed by atoms with van der Waals surface area (Å²) in [6.45, 7) is 1.86. The molecule has 0 aromatic heterocycles. The van der Waals surface area contributed by atoms with Crippen LogP contribution in [0, 0.1) is 5.82 Å². The first kappa shape index (κ1) is 13.9. The van der Waals surface area contributed by atoms with Crippen LogP contribution in [0.25, 0.3) is 0 Å². The van der Waals surface area contributed by atoms with Crippen LogP contribution in [-0.4, -0.2) is 17.2 Å². The van der Waals surface area contributed by atoms with Crippen LogP contribution in [0.2, 0.25) is 0 Å². The molecular formula is C13H15BrFNOS. The zero-order valence-electron chi connectivity index (χ0n) is 10.1. The Morgan fingerprint density at radius 3 is 2.94 bits per heavy atom. The Balaban J connectivity index is 1.84. The zero-order valence-corrected chi connectivity index (χ0v) is 12.5. The predicted octanol–water partition coefficient (Wildman–Crippen LogP) is 3.49. The minimum absolute atomic E-state index is 0.0556. The molecule has 1 atom stereocenters. The third kappa shape index (κ3) is 3.99. The van der Waals surface area contributed by atoms with E-state index in [0.717, 1.165) is 17.3 Å². The lowest BCUT2D eigenvalue weighted by Gasteiger charge is -2.11. The van der Waals surface area contributed by atoms with E-state index in [9.17, 15) is 9.18 Å². The van der Waals surface area contributed by atoms with Gasteiger partial charge in [0.1, 0.15) is 5.82 Å². The van der Waals surface area contributed by atoms with Crippen molar-refractivity contribution < 1.29 is 9.18 Å². The van der Waals surface area contributed by atoms with Crippen molar-refractivity contribution in [2.45, 2.75) is 36.8 Å². The summed E-state index contributed by atoms with van der Waals surface area (Å²) in [5.74, 6) is 0.338. The van der Waals surface area contributed by atoms with Gasteiger partial charge < -0.3 is 5.32 Å². The number of amides is 1. The van der Waals surface area contributed by atoms with Crippen molar-refractivity contribution in [2.75, 3.05) is 0 Å². The van der Waals surface area contributed by atoms with Crippen LogP contribution >= 0.6 is 27.7 Å². The van der Waals surface area contributed by atoms with Crippen LogP contribution in [-0.2, 0) is 10.5 Å². The SMILES string of the molecule is CC(SCc1ccc(Br)cc1F)C(=O)NC1CC1. The first-order valence-electron chi connectivity index (χ1n) is 5.92. The van der Waals surface area contributed by atoms with Gasteiger partial charge in [-0.3, -0.25) is 4.79 Å². The van der Waals surface area contributed by atoms with Gasteiger partial charge >= 0.3 is 0 Å². The average molecular weight is 332 g/mol. The lowest BCUT2D eigenvalue weighted by Crippen LogP contribution is -2.32. The van der Waals surface area contributed by atoms with Crippen LogP contribution < -0.4 is 5.32 Å². The molecule has 0 saturated heterocycles. The van der Waals surface area contributed by atoms with Crippen LogP contribution in [0.15, 0.2) is 22.7 Å². The minimum atomic E-state index is -0.230. The van der Waals surface area contributed by atoms with E-state index < -0.39 is 0 Å². The number of thioether (sulfide) groups is 1. The molecule has 1 unspecified atom stereocenters. The summed E-state index contributed by atoms with van der Waals surface area (Å²) in [4.78, 5) is 11.7. The van der Waals surface area contributed by atoms with Crippen LogP contribution in [0.5, 0.6) is 0 Å². The number of hydrogen-bond donors (Lipinski definition) is 1. The van der Waals surface area contributed by atoms with Crippen molar-refractivity contribution in [3.05, 3.63) is 34.1 Å². The number of halogens is 2. The largest absolute Gasteiger partial charge is 0.352 e. The molecule has 2 rings (SSSR count). The van der Waals surface area contributed by atoms with Gasteiger partial charge in [0.2, 0.25) is 5.91 Å². The van der Waals surface area contributed by atoms with Crippen molar-refractivity contribution in [1.29, 1.82) is 0 Å². The molecule has 0 spiro atoms. The lowest BCUT2D eigenvalue weighted by molar-refractivity contribution is -0.120. The summed E-state index contributed by atoms with van der Waals surface area (Å²) < 4.78 is 14.3. The maximum Gasteiger partial charge on any atom is 0.233 e. The molecule has 2 nitrogen and oxygen atoms in total. The summed E-state index contributed by atoms with van der Waals surface area (Å²) in [6.07, 6.45) is 2.18. The minimum Gasteiger partial charge on any atom is -0.352 e. The molecule has 1 saturated carbocycles. The van der Waals surface area contributed by atoms with Gasteiger partial charge in [0.05, 0.1) is 5.25 Å². The maximum absolute atomic E-state index is 13.6. The normalized spacial score (nSPS) is 16.4. The van der Waals surface area contributed by atoms with E-state index in [0.29, 0.717) is 17.4 Å². The molecule has 1 N–H and O–H groups in total. The van der Waals surface area contributed by atoms with Gasteiger partial charge in [-0.2, -0.15) is 0 Å². The molecule has 1 aliphatic carbocycles. The molecule has 0 bridgehead atoms. The number of carbonyl (C=O) groups is 1. The lowest BCUT2D eigenvalue weighted by atomic mass is 10.2. The van der Waals surface area contributed by atoms with Crippen molar-refractivity contribution in [1.82, 2.24) is 5.32 Å². The number of nitrogens with one attached hydrogen (secondary N) is 1. The van der Waals surface area contributed by atoms with E-state index in [2.05, 4.69) is 21.2 Å². The Labute approximate surface area is 119 Å². The fourth-order valence-corrected chi connectivity index (χ4v) is 2.69. The highest BCUT2D eigenvalue weighted by Crippen LogP contribution is 2.24. The molecule has 0 aliphatic heterocycles. The van der Waals surface area contributed by atoms with E-state index in [4.69, 9.17) is 0 Å². The molecule has 18 heavy (non-hydrogen) atoms. The number of benzene rings is 1. The Hall–Kier alpha value is -0.550. The van der Waals surface area contributed by atoms with Crippen molar-refractivity contribution in [2.24, 2.45) is 0 Å². The average Bonchev–Trinajstić information content (AvgIpc) is 3.11. The Morgan fingerprint density at radius 2 is 2.33 bits per heavy atom. The van der Waals surface area contributed by atoms with Crippen molar-refractivity contribution in [3.8, 4) is 0 Å². The highest BCUT2D eigenvalue weighted by Gasteiger charge is 2.25. The smallest absolute Gasteiger partial charge is 0.233 e. The van der Waals surface area contributed by atoms with Crippen molar-refractivity contribution in [3.63, 3.8) is 0 Å². The van der Waals surface area contributed by atoms with Gasteiger partial charge in [-0.25, -0.2) is 4.39 Å². The standard InChI is InChI=1S/C13H15BrFNOS/c1-8(13(17)16-11-4-5-11)18-7-9-2-3-10(14)6-12(9)15/h2-3,6,8,11H,4-5,7H2,1H3,(H,16,17). The molecule has 5 heteroatoms. The monoisotopic (exact) mass is 331 g/mol. The molecule has 1 aromatic carbocycles. The molecule has 1 aliphatic rings. The maximum atomic E-state index is 13.6. The summed E-state index contributed by atoms with van der Waals surface area (Å²) in [7, 11) is 0. The topological polar surface area (TPSA) is 29.1 Å². The first-order valence-corrected chi connectivity index (χ1v) is 7.76. The van der Waals surface area contributed by atoms with E-state index in [1.807, 2.05) is 13.0 Å². The second kappa shape index (κ2) is 6.06. The van der Waals surface area contributed by atoms with E-state index in [1.54, 1.807) is 6.07 Å². The Morgan fingerprint density at radius 1 is 1.61 bits per heavy atom. The van der Waals surface area contributed by atoms with Gasteiger partial charge in [0.15, 0.2) is 0 Å². The molecule has 1 amide bonds. The summed E-state index contributed by atoms with van der Waals surface area (Å²) in [5.41, 5.74) is 0.634. The van der Waals surface area contributed by atoms with E-state index in [-0.39, 0.29) is 17.0 Å². The van der Waals surface area contributed by atoms with Crippen LogP contribution in [0.3, 0.4) is 0 Å². The van der Waals surface area contributed by atoms with Gasteiger partial charge in [0.25, 0.3) is 0 Å². The van der Waals surface area contributed by atoms with Gasteiger partial charge in [-0.05, 0) is 37.5 Å². The summed E-state index contributed by atoms with van der Waals surface area (Å²) >= 11 is 4.68. The summed E-state index contributed by atoms with van der Waals surface area (Å²) in [5, 5.41) is 2.81. The molecular weight excluding hydrogens is 317 g/mol. The van der Waals surface area contributed by atoms with Crippen LogP contribution in [0.4, 0.5) is 4.39 Å². The number of carbonyl (C=O) groups excluding carboxylic acids is 1. The van der Waals surface area contributed by atoms with Crippen LogP contribution in [0.1, 0.15) is 25.3 Å². The third-order valence-corrected chi connectivity index (χ3v) is 4.48. The number of rotatable bonds is 5. The van der Waals surface area contributed by atoms with Gasteiger partial charge in [-0.15, -0.1) is 11.8 Å². The molecule has 1 aromatic rings. The third-order valence-electron chi connectivity index (χ3n) is 2.80. The van der Waals surface area contributed by atoms with Crippen molar-refractivity contribution >= 4 is 33.6 Å². The quantitative estimate of drug-likeness (QED) is 0.894. The Bertz CT molecular complexity index is 451. The first-order chi connectivity index (χ1) is 8.56. The highest BCUT2D eigenvalue weighted by molar-refractivity contribution is 9.10. The molecule has 0 heterocycles. The fraction of sp³-hybridized carbons (Fsp3) is 0.462. The zero-order chi connectivity index (χ0) is 13.1. The van der Waals surface area contributed by atoms with Gasteiger partial charge in [-0.1, -0.05) is 22.0 Å². The Kier molecular flexibility index (Phi) is 4.67. The second-order valence-corrected chi connectivity index (χ2v) is 6.72. The molecule has 0 radical (unpaired) electrons. The fourth-order valence-electron chi connectivity index (χ4n) is 1.48. The predicted molar refractivity (Wildman–Crippen MR) is 76.0 cm³/mol. The van der Waals surface area contributed by atoms with E-state index in [1.165, 1.54) is 17.8 Å². The molecule has 98 valence electrons. The number of hydrogen-bond acceptors (Lipinski definition) is 2.